The van der Waals surface area contributed by atoms with E-state index in [1.54, 1.807) is 39.0 Å². The highest BCUT2D eigenvalue weighted by Gasteiger charge is 2.38. The van der Waals surface area contributed by atoms with Gasteiger partial charge in [0.05, 0.1) is 0 Å². The first-order valence-electron chi connectivity index (χ1n) is 13.1. The second-order valence-electron chi connectivity index (χ2n) is 11.8. The molecular formula is C31H43N3O5. The lowest BCUT2D eigenvalue weighted by atomic mass is 9.92. The second-order valence-corrected chi connectivity index (χ2v) is 11.8. The van der Waals surface area contributed by atoms with Crippen LogP contribution in [0.15, 0.2) is 55.1 Å². The summed E-state index contributed by atoms with van der Waals surface area (Å²) < 4.78 is 5.45. The van der Waals surface area contributed by atoms with Crippen molar-refractivity contribution in [1.82, 2.24) is 15.5 Å². The Balaban J connectivity index is 2.62. The van der Waals surface area contributed by atoms with E-state index in [0.717, 1.165) is 16.7 Å². The Morgan fingerprint density at radius 2 is 1.56 bits per heavy atom. The number of hydrogen-bond acceptors (Lipinski definition) is 5. The Bertz CT molecular complexity index is 1160. The summed E-state index contributed by atoms with van der Waals surface area (Å²) in [4.78, 5) is 42.4. The van der Waals surface area contributed by atoms with Gasteiger partial charge in [-0.15, -0.1) is 6.58 Å². The Morgan fingerprint density at radius 3 is 2.05 bits per heavy atom. The molecule has 0 saturated heterocycles. The molecule has 0 fully saturated rings. The molecule has 2 unspecified atom stereocenters. The van der Waals surface area contributed by atoms with E-state index in [9.17, 15) is 19.5 Å². The Kier molecular flexibility index (Phi) is 10.3. The van der Waals surface area contributed by atoms with Crippen LogP contribution in [0, 0.1) is 13.8 Å². The number of rotatable bonds is 9. The van der Waals surface area contributed by atoms with Crippen LogP contribution in [0.4, 0.5) is 4.79 Å². The van der Waals surface area contributed by atoms with Crippen LogP contribution in [0.1, 0.15) is 69.8 Å². The number of benzene rings is 2. The van der Waals surface area contributed by atoms with Crippen molar-refractivity contribution in [3.8, 4) is 5.75 Å². The number of carbonyl (C=O) groups is 3. The number of ether oxygens (including phenoxy) is 1. The lowest BCUT2D eigenvalue weighted by molar-refractivity contribution is -0.142. The van der Waals surface area contributed by atoms with Gasteiger partial charge in [0.2, 0.25) is 11.8 Å². The van der Waals surface area contributed by atoms with Crippen LogP contribution in [0.25, 0.3) is 0 Å². The van der Waals surface area contributed by atoms with Gasteiger partial charge in [-0.2, -0.15) is 0 Å². The summed E-state index contributed by atoms with van der Waals surface area (Å²) in [5.74, 6) is -0.717. The Labute approximate surface area is 232 Å². The summed E-state index contributed by atoms with van der Waals surface area (Å²) in [5, 5.41) is 15.5. The minimum atomic E-state index is -1.06. The lowest BCUT2D eigenvalue weighted by Gasteiger charge is -2.36. The molecule has 0 bridgehead atoms. The Morgan fingerprint density at radius 1 is 1.00 bits per heavy atom. The summed E-state index contributed by atoms with van der Waals surface area (Å²) in [7, 11) is 0. The number of hydrogen-bond donors (Lipinski definition) is 3. The fourth-order valence-corrected chi connectivity index (χ4v) is 4.30. The minimum Gasteiger partial charge on any atom is -0.508 e. The number of amides is 3. The largest absolute Gasteiger partial charge is 0.508 e. The van der Waals surface area contributed by atoms with Gasteiger partial charge in [0, 0.05) is 18.5 Å². The van der Waals surface area contributed by atoms with Gasteiger partial charge in [-0.1, -0.05) is 36.4 Å². The molecule has 212 valence electrons. The molecule has 2 aromatic carbocycles. The lowest BCUT2D eigenvalue weighted by Crippen LogP contribution is -2.55. The molecule has 0 spiro atoms. The van der Waals surface area contributed by atoms with Gasteiger partial charge in [0.25, 0.3) is 0 Å². The average molecular weight is 538 g/mol. The molecule has 2 rings (SSSR count). The van der Waals surface area contributed by atoms with Gasteiger partial charge in [0.15, 0.2) is 0 Å². The zero-order valence-corrected chi connectivity index (χ0v) is 24.4. The van der Waals surface area contributed by atoms with Crippen LogP contribution < -0.4 is 10.6 Å². The number of carbonyl (C=O) groups excluding carboxylic acids is 3. The van der Waals surface area contributed by atoms with Gasteiger partial charge in [-0.25, -0.2) is 4.79 Å². The van der Waals surface area contributed by atoms with Gasteiger partial charge >= 0.3 is 6.09 Å². The molecule has 3 amide bonds. The van der Waals surface area contributed by atoms with E-state index in [2.05, 4.69) is 17.2 Å². The average Bonchev–Trinajstić information content (AvgIpc) is 2.78. The van der Waals surface area contributed by atoms with Crippen molar-refractivity contribution < 1.29 is 24.2 Å². The number of nitrogens with one attached hydrogen (secondary N) is 2. The van der Waals surface area contributed by atoms with Crippen molar-refractivity contribution in [2.75, 3.05) is 6.54 Å². The van der Waals surface area contributed by atoms with Crippen molar-refractivity contribution in [2.24, 2.45) is 0 Å². The summed E-state index contributed by atoms with van der Waals surface area (Å²) in [6.07, 6.45) is 0.932. The molecule has 0 saturated carbocycles. The zero-order valence-electron chi connectivity index (χ0n) is 24.4. The number of aromatic hydroxyl groups is 1. The highest BCUT2D eigenvalue weighted by atomic mass is 16.6. The maximum absolute atomic E-state index is 14.3. The molecule has 0 aromatic heterocycles. The SMILES string of the molecule is C=CCN(C(=O)C(Cc1ccc(O)cc1)NC(=O)OC(C)(C)C)C(C(=O)NC(C)(C)C)c1c(C)cccc1C. The number of phenolic OH excluding ortho intramolecular Hbond substituents is 1. The van der Waals surface area contributed by atoms with Crippen molar-refractivity contribution in [2.45, 2.75) is 85.0 Å². The standard InChI is InChI=1S/C31H43N3O5/c1-10-18-34(26(27(36)33-30(4,5)6)25-20(2)12-11-13-21(25)3)28(37)24(32-29(38)39-31(7,8)9)19-22-14-16-23(35)17-15-22/h10-17,24,26,35H,1,18-19H2,2-9H3,(H,32,38)(H,33,36). The van der Waals surface area contributed by atoms with E-state index in [1.165, 1.54) is 17.0 Å². The molecule has 39 heavy (non-hydrogen) atoms. The van der Waals surface area contributed by atoms with Crippen LogP contribution in [-0.2, 0) is 20.7 Å². The number of nitrogens with zero attached hydrogens (tertiary/aromatic N) is 1. The number of aryl methyl sites for hydroxylation is 2. The van der Waals surface area contributed by atoms with Crippen LogP contribution >= 0.6 is 0 Å². The third-order valence-corrected chi connectivity index (χ3v) is 5.85. The summed E-state index contributed by atoms with van der Waals surface area (Å²) in [6.45, 7) is 18.6. The zero-order chi connectivity index (χ0) is 29.5. The van der Waals surface area contributed by atoms with Crippen molar-refractivity contribution in [1.29, 1.82) is 0 Å². The van der Waals surface area contributed by atoms with Crippen LogP contribution in [0.5, 0.6) is 5.75 Å². The molecular weight excluding hydrogens is 494 g/mol. The first-order valence-corrected chi connectivity index (χ1v) is 13.1. The maximum Gasteiger partial charge on any atom is 0.408 e. The van der Waals surface area contributed by atoms with E-state index in [1.807, 2.05) is 52.8 Å². The Hall–Kier alpha value is -3.81. The summed E-state index contributed by atoms with van der Waals surface area (Å²) in [5.41, 5.74) is 1.83. The van der Waals surface area contributed by atoms with E-state index in [4.69, 9.17) is 4.74 Å². The van der Waals surface area contributed by atoms with Gasteiger partial charge < -0.3 is 25.4 Å². The maximum atomic E-state index is 14.3. The number of phenols is 1. The van der Waals surface area contributed by atoms with E-state index >= 15 is 0 Å². The predicted octanol–water partition coefficient (Wildman–Crippen LogP) is 5.12. The number of alkyl carbamates (subject to hydrolysis) is 1. The first kappa shape index (κ1) is 31.4. The summed E-state index contributed by atoms with van der Waals surface area (Å²) >= 11 is 0. The molecule has 0 heterocycles. The van der Waals surface area contributed by atoms with Gasteiger partial charge in [-0.3, -0.25) is 9.59 Å². The summed E-state index contributed by atoms with van der Waals surface area (Å²) in [6, 6.07) is 10.1. The monoisotopic (exact) mass is 537 g/mol. The molecule has 2 atom stereocenters. The molecule has 8 heteroatoms. The third kappa shape index (κ3) is 9.46. The highest BCUT2D eigenvalue weighted by molar-refractivity contribution is 5.93. The quantitative estimate of drug-likeness (QED) is 0.385. The molecule has 3 N–H and O–H groups in total. The fourth-order valence-electron chi connectivity index (χ4n) is 4.30. The van der Waals surface area contributed by atoms with Crippen LogP contribution in [0.2, 0.25) is 0 Å². The van der Waals surface area contributed by atoms with E-state index < -0.39 is 35.2 Å². The minimum absolute atomic E-state index is 0.0664. The van der Waals surface area contributed by atoms with Gasteiger partial charge in [0.1, 0.15) is 23.4 Å². The molecule has 0 aliphatic carbocycles. The molecule has 0 aliphatic heterocycles. The fraction of sp³-hybridized carbons (Fsp3) is 0.452. The molecule has 0 radical (unpaired) electrons. The van der Waals surface area contributed by atoms with Crippen molar-refractivity contribution >= 4 is 17.9 Å². The molecule has 8 nitrogen and oxygen atoms in total. The normalized spacial score (nSPS) is 13.1. The van der Waals surface area contributed by atoms with E-state index in [-0.39, 0.29) is 24.6 Å². The molecule has 0 aliphatic rings. The molecule has 2 aromatic rings. The van der Waals surface area contributed by atoms with Crippen molar-refractivity contribution in [3.63, 3.8) is 0 Å². The topological polar surface area (TPSA) is 108 Å². The van der Waals surface area contributed by atoms with Crippen LogP contribution in [-0.4, -0.2) is 51.6 Å². The highest BCUT2D eigenvalue weighted by Crippen LogP contribution is 2.29. The predicted molar refractivity (Wildman–Crippen MR) is 153 cm³/mol. The smallest absolute Gasteiger partial charge is 0.408 e. The third-order valence-electron chi connectivity index (χ3n) is 5.85. The first-order chi connectivity index (χ1) is 18.0. The van der Waals surface area contributed by atoms with E-state index in [0.29, 0.717) is 5.56 Å². The van der Waals surface area contributed by atoms with Crippen LogP contribution in [0.3, 0.4) is 0 Å². The van der Waals surface area contributed by atoms with Crippen molar-refractivity contribution in [3.05, 3.63) is 77.4 Å². The second kappa shape index (κ2) is 12.8. The van der Waals surface area contributed by atoms with Gasteiger partial charge in [-0.05, 0) is 89.8 Å².